The summed E-state index contributed by atoms with van der Waals surface area (Å²) < 4.78 is 9.90. The molecule has 1 aliphatic heterocycles. The summed E-state index contributed by atoms with van der Waals surface area (Å²) in [7, 11) is 1.58. The first-order valence-electron chi connectivity index (χ1n) is 6.83. The summed E-state index contributed by atoms with van der Waals surface area (Å²) in [4.78, 5) is 25.5. The van der Waals surface area contributed by atoms with Crippen LogP contribution >= 0.6 is 0 Å². The van der Waals surface area contributed by atoms with Crippen LogP contribution in [0.15, 0.2) is 0 Å². The van der Waals surface area contributed by atoms with Gasteiger partial charge in [0.2, 0.25) is 5.91 Å². The van der Waals surface area contributed by atoms with Crippen LogP contribution in [0.2, 0.25) is 0 Å². The molecule has 0 aliphatic carbocycles. The van der Waals surface area contributed by atoms with Crippen LogP contribution in [-0.4, -0.2) is 63.3 Å². The van der Waals surface area contributed by atoms with E-state index < -0.39 is 0 Å². The lowest BCUT2D eigenvalue weighted by atomic mass is 9.96. The van der Waals surface area contributed by atoms with Gasteiger partial charge in [0.1, 0.15) is 6.54 Å². The Balaban J connectivity index is 2.55. The largest absolute Gasteiger partial charge is 0.465 e. The Morgan fingerprint density at radius 3 is 2.58 bits per heavy atom. The van der Waals surface area contributed by atoms with Crippen LogP contribution in [0.25, 0.3) is 0 Å². The van der Waals surface area contributed by atoms with Crippen molar-refractivity contribution in [3.63, 3.8) is 0 Å². The molecule has 1 heterocycles. The van der Waals surface area contributed by atoms with Crippen molar-refractivity contribution in [3.8, 4) is 0 Å². The third-order valence-electron chi connectivity index (χ3n) is 3.19. The summed E-state index contributed by atoms with van der Waals surface area (Å²) in [6.45, 7) is 4.67. The maximum absolute atomic E-state index is 12.4. The highest BCUT2D eigenvalue weighted by Gasteiger charge is 2.27. The molecule has 19 heavy (non-hydrogen) atoms. The molecule has 0 aromatic heterocycles. The summed E-state index contributed by atoms with van der Waals surface area (Å²) in [5, 5.41) is 3.23. The van der Waals surface area contributed by atoms with E-state index in [1.165, 1.54) is 0 Å². The van der Waals surface area contributed by atoms with E-state index in [0.29, 0.717) is 19.8 Å². The number of nitrogens with zero attached hydrogens (tertiary/aromatic N) is 1. The summed E-state index contributed by atoms with van der Waals surface area (Å²) >= 11 is 0. The molecule has 6 nitrogen and oxygen atoms in total. The van der Waals surface area contributed by atoms with Crippen molar-refractivity contribution in [2.75, 3.05) is 46.5 Å². The molecular formula is C13H24N2O4. The Bertz CT molecular complexity index is 290. The normalized spacial score (nSPS) is 16.1. The quantitative estimate of drug-likeness (QED) is 0.662. The lowest BCUT2D eigenvalue weighted by Gasteiger charge is -2.28. The number of carbonyl (C=O) groups is 2. The van der Waals surface area contributed by atoms with E-state index >= 15 is 0 Å². The van der Waals surface area contributed by atoms with Crippen molar-refractivity contribution in [2.24, 2.45) is 5.92 Å². The van der Waals surface area contributed by atoms with E-state index in [2.05, 4.69) is 5.32 Å². The molecule has 0 aromatic rings. The predicted octanol–water partition coefficient (Wildman–Crippen LogP) is 0.0241. The van der Waals surface area contributed by atoms with Crippen molar-refractivity contribution in [1.82, 2.24) is 10.2 Å². The highest BCUT2D eigenvalue weighted by atomic mass is 16.5. The van der Waals surface area contributed by atoms with Crippen molar-refractivity contribution in [1.29, 1.82) is 0 Å². The predicted molar refractivity (Wildman–Crippen MR) is 70.7 cm³/mol. The molecule has 0 radical (unpaired) electrons. The topological polar surface area (TPSA) is 67.9 Å². The molecule has 1 saturated heterocycles. The number of hydrogen-bond donors (Lipinski definition) is 1. The van der Waals surface area contributed by atoms with E-state index in [1.807, 2.05) is 0 Å². The molecule has 110 valence electrons. The van der Waals surface area contributed by atoms with Crippen molar-refractivity contribution in [2.45, 2.75) is 19.8 Å². The Morgan fingerprint density at radius 2 is 2.00 bits per heavy atom. The van der Waals surface area contributed by atoms with Crippen molar-refractivity contribution in [3.05, 3.63) is 0 Å². The molecule has 0 atom stereocenters. The second-order valence-corrected chi connectivity index (χ2v) is 4.58. The second-order valence-electron chi connectivity index (χ2n) is 4.58. The minimum atomic E-state index is -0.360. The number of carbonyl (C=O) groups excluding carboxylic acids is 2. The molecule has 1 amide bonds. The highest BCUT2D eigenvalue weighted by Crippen LogP contribution is 2.15. The third kappa shape index (κ3) is 5.57. The fraction of sp³-hybridized carbons (Fsp3) is 0.846. The molecule has 0 aromatic carbocycles. The number of piperidine rings is 1. The summed E-state index contributed by atoms with van der Waals surface area (Å²) in [5.41, 5.74) is 0. The standard InChI is InChI=1S/C13H24N2O4/c1-3-19-12(16)10-15(8-9-18-2)13(17)11-4-6-14-7-5-11/h11,14H,3-10H2,1-2H3. The molecule has 0 saturated carbocycles. The average Bonchev–Trinajstić information content (AvgIpc) is 2.44. The monoisotopic (exact) mass is 272 g/mol. The first-order valence-corrected chi connectivity index (χ1v) is 6.83. The minimum absolute atomic E-state index is 0.00697. The Labute approximate surface area is 114 Å². The maximum atomic E-state index is 12.4. The molecule has 0 bridgehead atoms. The fourth-order valence-electron chi connectivity index (χ4n) is 2.16. The molecule has 0 spiro atoms. The molecule has 1 N–H and O–H groups in total. The van der Waals surface area contributed by atoms with Crippen LogP contribution in [0.1, 0.15) is 19.8 Å². The van der Waals surface area contributed by atoms with Gasteiger partial charge in [0.15, 0.2) is 0 Å². The molecule has 1 fully saturated rings. The van der Waals surface area contributed by atoms with Gasteiger partial charge in [-0.25, -0.2) is 0 Å². The zero-order chi connectivity index (χ0) is 14.1. The fourth-order valence-corrected chi connectivity index (χ4v) is 2.16. The highest BCUT2D eigenvalue weighted by molar-refractivity contribution is 5.83. The molecular weight excluding hydrogens is 248 g/mol. The van der Waals surface area contributed by atoms with Gasteiger partial charge in [0.25, 0.3) is 0 Å². The molecule has 1 rings (SSSR count). The van der Waals surface area contributed by atoms with Gasteiger partial charge >= 0.3 is 5.97 Å². The van der Waals surface area contributed by atoms with E-state index in [1.54, 1.807) is 18.9 Å². The van der Waals surface area contributed by atoms with Crippen LogP contribution in [0.4, 0.5) is 0 Å². The second kappa shape index (κ2) is 8.87. The van der Waals surface area contributed by atoms with Gasteiger partial charge < -0.3 is 19.7 Å². The van der Waals surface area contributed by atoms with Gasteiger partial charge in [0, 0.05) is 19.6 Å². The van der Waals surface area contributed by atoms with Gasteiger partial charge in [-0.3, -0.25) is 9.59 Å². The number of nitrogens with one attached hydrogen (secondary N) is 1. The van der Waals surface area contributed by atoms with E-state index in [0.717, 1.165) is 25.9 Å². The maximum Gasteiger partial charge on any atom is 0.325 e. The van der Waals surface area contributed by atoms with Crippen LogP contribution in [0, 0.1) is 5.92 Å². The Kier molecular flexibility index (Phi) is 7.43. The number of ether oxygens (including phenoxy) is 2. The molecule has 1 aliphatic rings. The SMILES string of the molecule is CCOC(=O)CN(CCOC)C(=O)C1CCNCC1. The minimum Gasteiger partial charge on any atom is -0.465 e. The van der Waals surface area contributed by atoms with E-state index in [9.17, 15) is 9.59 Å². The van der Waals surface area contributed by atoms with E-state index in [4.69, 9.17) is 9.47 Å². The smallest absolute Gasteiger partial charge is 0.325 e. The van der Waals surface area contributed by atoms with Crippen molar-refractivity contribution < 1.29 is 19.1 Å². The lowest BCUT2D eigenvalue weighted by molar-refractivity contribution is -0.151. The number of rotatable bonds is 7. The number of esters is 1. The third-order valence-corrected chi connectivity index (χ3v) is 3.19. The van der Waals surface area contributed by atoms with Crippen LogP contribution < -0.4 is 5.32 Å². The summed E-state index contributed by atoms with van der Waals surface area (Å²) in [6, 6.07) is 0. The van der Waals surface area contributed by atoms with Crippen molar-refractivity contribution >= 4 is 11.9 Å². The number of hydrogen-bond acceptors (Lipinski definition) is 5. The average molecular weight is 272 g/mol. The van der Waals surface area contributed by atoms with Gasteiger partial charge in [-0.1, -0.05) is 0 Å². The molecule has 0 unspecified atom stereocenters. The number of amides is 1. The van der Waals surface area contributed by atoms with Gasteiger partial charge in [-0.05, 0) is 32.9 Å². The van der Waals surface area contributed by atoms with Crippen LogP contribution in [0.3, 0.4) is 0 Å². The Morgan fingerprint density at radius 1 is 1.32 bits per heavy atom. The zero-order valence-electron chi connectivity index (χ0n) is 11.8. The summed E-state index contributed by atoms with van der Waals surface area (Å²) in [5.74, 6) is -0.319. The van der Waals surface area contributed by atoms with Gasteiger partial charge in [-0.2, -0.15) is 0 Å². The Hall–Kier alpha value is -1.14. The number of methoxy groups -OCH3 is 1. The van der Waals surface area contributed by atoms with Gasteiger partial charge in [-0.15, -0.1) is 0 Å². The van der Waals surface area contributed by atoms with E-state index in [-0.39, 0.29) is 24.3 Å². The van der Waals surface area contributed by atoms with Gasteiger partial charge in [0.05, 0.1) is 13.2 Å². The van der Waals surface area contributed by atoms with Crippen LogP contribution in [0.5, 0.6) is 0 Å². The lowest BCUT2D eigenvalue weighted by Crippen LogP contribution is -2.44. The van der Waals surface area contributed by atoms with Crippen LogP contribution in [-0.2, 0) is 19.1 Å². The zero-order valence-corrected chi connectivity index (χ0v) is 11.8. The first kappa shape index (κ1) is 15.9. The molecule has 6 heteroatoms. The summed E-state index contributed by atoms with van der Waals surface area (Å²) in [6.07, 6.45) is 1.65. The first-order chi connectivity index (χ1) is 9.19.